The molecular weight excluding hydrogens is 228 g/mol. The van der Waals surface area contributed by atoms with Crippen molar-refractivity contribution in [3.63, 3.8) is 0 Å². The molecule has 4 atom stereocenters. The van der Waals surface area contributed by atoms with E-state index in [-0.39, 0.29) is 24.8 Å². The second kappa shape index (κ2) is 3.76. The summed E-state index contributed by atoms with van der Waals surface area (Å²) in [7, 11) is 0. The highest BCUT2D eigenvalue weighted by atomic mass is 16.6. The number of fused-ring (bicyclic) bond motifs is 1. The SMILES string of the molecule is Nc1ncn(C2CC3OC3C(CO)O2)c(=O)n1. The molecular formula is C9H12N4O4. The quantitative estimate of drug-likeness (QED) is 0.590. The molecule has 2 aliphatic heterocycles. The number of aromatic nitrogens is 3. The lowest BCUT2D eigenvalue weighted by molar-refractivity contribution is -0.0981. The average Bonchev–Trinajstić information content (AvgIpc) is 3.06. The molecule has 2 saturated heterocycles. The number of nitrogen functional groups attached to an aromatic ring is 1. The number of nitrogens with two attached hydrogens (primary N) is 1. The number of aliphatic hydroxyl groups excluding tert-OH is 1. The van der Waals surface area contributed by atoms with Crippen molar-refractivity contribution in [2.45, 2.75) is 31.0 Å². The smallest absolute Gasteiger partial charge is 0.354 e. The molecule has 0 bridgehead atoms. The van der Waals surface area contributed by atoms with Gasteiger partial charge >= 0.3 is 5.69 Å². The normalized spacial score (nSPS) is 35.4. The molecule has 4 unspecified atom stereocenters. The average molecular weight is 240 g/mol. The Labute approximate surface area is 96.0 Å². The van der Waals surface area contributed by atoms with Crippen molar-refractivity contribution >= 4 is 5.95 Å². The fourth-order valence-corrected chi connectivity index (χ4v) is 2.09. The van der Waals surface area contributed by atoms with Crippen LogP contribution in [0.1, 0.15) is 12.6 Å². The first-order chi connectivity index (χ1) is 8.19. The third kappa shape index (κ3) is 1.79. The Hall–Kier alpha value is -1.51. The van der Waals surface area contributed by atoms with E-state index in [0.717, 1.165) is 0 Å². The maximum Gasteiger partial charge on any atom is 0.354 e. The molecule has 0 saturated carbocycles. The van der Waals surface area contributed by atoms with E-state index in [1.54, 1.807) is 0 Å². The van der Waals surface area contributed by atoms with Crippen LogP contribution in [0.15, 0.2) is 11.1 Å². The maximum absolute atomic E-state index is 11.6. The summed E-state index contributed by atoms with van der Waals surface area (Å²) in [5.74, 6) is -0.0682. The topological polar surface area (TPSA) is 116 Å². The standard InChI is InChI=1S/C9H12N4O4/c10-8-11-3-13(9(15)12-8)6-1-4-7(17-4)5(2-14)16-6/h3-7,14H,1-2H2,(H2,10,12,15). The number of nitrogens with zero attached hydrogens (tertiary/aromatic N) is 3. The monoisotopic (exact) mass is 240 g/mol. The van der Waals surface area contributed by atoms with Crippen molar-refractivity contribution in [2.75, 3.05) is 12.3 Å². The minimum atomic E-state index is -0.515. The first-order valence-corrected chi connectivity index (χ1v) is 5.31. The van der Waals surface area contributed by atoms with Crippen molar-refractivity contribution in [3.05, 3.63) is 16.8 Å². The third-order valence-corrected chi connectivity index (χ3v) is 2.99. The molecule has 0 amide bonds. The molecule has 3 rings (SSSR count). The van der Waals surface area contributed by atoms with Crippen molar-refractivity contribution in [1.29, 1.82) is 0 Å². The summed E-state index contributed by atoms with van der Waals surface area (Å²) in [6.07, 6.45) is 0.921. The van der Waals surface area contributed by atoms with Gasteiger partial charge in [0, 0.05) is 6.42 Å². The lowest BCUT2D eigenvalue weighted by atomic mass is 10.1. The van der Waals surface area contributed by atoms with E-state index in [1.165, 1.54) is 10.9 Å². The van der Waals surface area contributed by atoms with E-state index in [0.29, 0.717) is 6.42 Å². The van der Waals surface area contributed by atoms with Crippen LogP contribution in [0.5, 0.6) is 0 Å². The molecule has 8 heteroatoms. The zero-order valence-corrected chi connectivity index (χ0v) is 8.89. The summed E-state index contributed by atoms with van der Waals surface area (Å²) in [5, 5.41) is 9.12. The van der Waals surface area contributed by atoms with Crippen LogP contribution in [0.4, 0.5) is 5.95 Å². The van der Waals surface area contributed by atoms with Gasteiger partial charge in [-0.1, -0.05) is 0 Å². The van der Waals surface area contributed by atoms with Gasteiger partial charge in [-0.2, -0.15) is 4.98 Å². The molecule has 2 aliphatic rings. The van der Waals surface area contributed by atoms with Crippen LogP contribution in [0.2, 0.25) is 0 Å². The van der Waals surface area contributed by atoms with Crippen LogP contribution < -0.4 is 11.4 Å². The van der Waals surface area contributed by atoms with E-state index in [4.69, 9.17) is 20.3 Å². The van der Waals surface area contributed by atoms with Crippen molar-refractivity contribution in [1.82, 2.24) is 14.5 Å². The minimum absolute atomic E-state index is 0.0374. The van der Waals surface area contributed by atoms with Gasteiger partial charge in [-0.3, -0.25) is 4.57 Å². The second-order valence-corrected chi connectivity index (χ2v) is 4.09. The molecule has 1 aromatic heterocycles. The van der Waals surface area contributed by atoms with Gasteiger partial charge in [-0.05, 0) is 0 Å². The van der Waals surface area contributed by atoms with Crippen LogP contribution in [-0.4, -0.2) is 44.6 Å². The van der Waals surface area contributed by atoms with Gasteiger partial charge in [0.05, 0.1) is 12.7 Å². The van der Waals surface area contributed by atoms with Gasteiger partial charge in [0.15, 0.2) is 0 Å². The zero-order chi connectivity index (χ0) is 12.0. The molecule has 17 heavy (non-hydrogen) atoms. The highest BCUT2D eigenvalue weighted by Crippen LogP contribution is 2.40. The Kier molecular flexibility index (Phi) is 2.35. The summed E-state index contributed by atoms with van der Waals surface area (Å²) in [5.41, 5.74) is 4.79. The van der Waals surface area contributed by atoms with Gasteiger partial charge < -0.3 is 20.3 Å². The summed E-state index contributed by atoms with van der Waals surface area (Å²) in [4.78, 5) is 18.9. The first-order valence-electron chi connectivity index (χ1n) is 5.31. The molecule has 3 heterocycles. The molecule has 92 valence electrons. The molecule has 0 radical (unpaired) electrons. The molecule has 0 aliphatic carbocycles. The first kappa shape index (κ1) is 10.6. The van der Waals surface area contributed by atoms with E-state index in [2.05, 4.69) is 9.97 Å². The number of anilines is 1. The Morgan fingerprint density at radius 1 is 1.59 bits per heavy atom. The fraction of sp³-hybridized carbons (Fsp3) is 0.667. The number of epoxide rings is 1. The van der Waals surface area contributed by atoms with Gasteiger partial charge in [0.1, 0.15) is 24.8 Å². The van der Waals surface area contributed by atoms with Gasteiger partial charge in [-0.15, -0.1) is 0 Å². The minimum Gasteiger partial charge on any atom is -0.394 e. The fourth-order valence-electron chi connectivity index (χ4n) is 2.09. The number of hydrogen-bond acceptors (Lipinski definition) is 7. The predicted molar refractivity (Wildman–Crippen MR) is 55.0 cm³/mol. The van der Waals surface area contributed by atoms with Crippen LogP contribution >= 0.6 is 0 Å². The Balaban J connectivity index is 1.86. The van der Waals surface area contributed by atoms with Gasteiger partial charge in [0.25, 0.3) is 0 Å². The molecule has 2 fully saturated rings. The van der Waals surface area contributed by atoms with Crippen LogP contribution in [0.25, 0.3) is 0 Å². The van der Waals surface area contributed by atoms with E-state index in [9.17, 15) is 4.79 Å². The van der Waals surface area contributed by atoms with Crippen LogP contribution in [0, 0.1) is 0 Å². The number of ether oxygens (including phenoxy) is 2. The van der Waals surface area contributed by atoms with Crippen molar-refractivity contribution in [2.24, 2.45) is 0 Å². The predicted octanol–water partition coefficient (Wildman–Crippen LogP) is -1.73. The Morgan fingerprint density at radius 3 is 3.12 bits per heavy atom. The summed E-state index contributed by atoms with van der Waals surface area (Å²) in [6.45, 7) is -0.137. The zero-order valence-electron chi connectivity index (χ0n) is 8.89. The molecule has 3 N–H and O–H groups in total. The van der Waals surface area contributed by atoms with Crippen molar-refractivity contribution < 1.29 is 14.6 Å². The van der Waals surface area contributed by atoms with E-state index >= 15 is 0 Å². The third-order valence-electron chi connectivity index (χ3n) is 2.99. The molecule has 1 aromatic rings. The van der Waals surface area contributed by atoms with Gasteiger partial charge in [-0.25, -0.2) is 9.78 Å². The summed E-state index contributed by atoms with van der Waals surface area (Å²) >= 11 is 0. The largest absolute Gasteiger partial charge is 0.394 e. The highest BCUT2D eigenvalue weighted by Gasteiger charge is 2.51. The number of aliphatic hydroxyl groups is 1. The van der Waals surface area contributed by atoms with Crippen molar-refractivity contribution in [3.8, 4) is 0 Å². The number of rotatable bonds is 2. The lowest BCUT2D eigenvalue weighted by Crippen LogP contribution is -2.39. The summed E-state index contributed by atoms with van der Waals surface area (Å²) < 4.78 is 12.2. The highest BCUT2D eigenvalue weighted by molar-refractivity contribution is 5.10. The lowest BCUT2D eigenvalue weighted by Gasteiger charge is -2.26. The van der Waals surface area contributed by atoms with E-state index < -0.39 is 18.0 Å². The molecule has 0 spiro atoms. The Morgan fingerprint density at radius 2 is 2.41 bits per heavy atom. The molecule has 0 aromatic carbocycles. The number of hydrogen-bond donors (Lipinski definition) is 2. The van der Waals surface area contributed by atoms with Crippen LogP contribution in [-0.2, 0) is 9.47 Å². The van der Waals surface area contributed by atoms with E-state index in [1.807, 2.05) is 0 Å². The second-order valence-electron chi connectivity index (χ2n) is 4.09. The summed E-state index contributed by atoms with van der Waals surface area (Å²) in [6, 6.07) is 0. The van der Waals surface area contributed by atoms with Crippen LogP contribution in [0.3, 0.4) is 0 Å². The maximum atomic E-state index is 11.6. The Bertz CT molecular complexity index is 490. The van der Waals surface area contributed by atoms with Gasteiger partial charge in [0.2, 0.25) is 5.95 Å². The molecule has 8 nitrogen and oxygen atoms in total.